The van der Waals surface area contributed by atoms with Gasteiger partial charge in [-0.2, -0.15) is 0 Å². The van der Waals surface area contributed by atoms with Crippen molar-refractivity contribution in [2.24, 2.45) is 17.3 Å². The molecule has 5 heteroatoms. The zero-order chi connectivity index (χ0) is 19.7. The summed E-state index contributed by atoms with van der Waals surface area (Å²) in [6.45, 7) is 7.28. The second-order valence-electron chi connectivity index (χ2n) is 9.09. The van der Waals surface area contributed by atoms with E-state index >= 15 is 0 Å². The van der Waals surface area contributed by atoms with Gasteiger partial charge in [0.15, 0.2) is 9.84 Å². The van der Waals surface area contributed by atoms with Crippen molar-refractivity contribution in [3.63, 3.8) is 0 Å². The molecule has 27 heavy (non-hydrogen) atoms. The average Bonchev–Trinajstić information content (AvgIpc) is 2.99. The van der Waals surface area contributed by atoms with Crippen LogP contribution in [0.15, 0.2) is 41.8 Å². The minimum atomic E-state index is -3.20. The van der Waals surface area contributed by atoms with Crippen molar-refractivity contribution in [3.05, 3.63) is 47.4 Å². The highest BCUT2D eigenvalue weighted by Crippen LogP contribution is 2.40. The Morgan fingerprint density at radius 1 is 1.07 bits per heavy atom. The molecular formula is C22H31NO3S. The zero-order valence-electron chi connectivity index (χ0n) is 16.6. The molecule has 1 fully saturated rings. The molecule has 0 aromatic heterocycles. The molecule has 1 aromatic rings. The van der Waals surface area contributed by atoms with Gasteiger partial charge >= 0.3 is 0 Å². The summed E-state index contributed by atoms with van der Waals surface area (Å²) in [5, 5.41) is 1.26. The third-order valence-electron chi connectivity index (χ3n) is 6.09. The normalized spacial score (nSPS) is 27.4. The fourth-order valence-electron chi connectivity index (χ4n) is 4.33. The Labute approximate surface area is 163 Å². The molecule has 3 rings (SSSR count). The first-order valence-corrected chi connectivity index (χ1v) is 11.6. The molecule has 2 aliphatic rings. The fourth-order valence-corrected chi connectivity index (χ4v) is 5.63. The van der Waals surface area contributed by atoms with Gasteiger partial charge in [-0.05, 0) is 48.7 Å². The number of benzene rings is 1. The molecule has 0 bridgehead atoms. The quantitative estimate of drug-likeness (QED) is 0.776. The predicted octanol–water partition coefficient (Wildman–Crippen LogP) is 4.18. The molecule has 1 heterocycles. The summed E-state index contributed by atoms with van der Waals surface area (Å²) in [6, 6.07) is 9.47. The maximum Gasteiger partial charge on any atom is 0.226 e. The highest BCUT2D eigenvalue weighted by atomic mass is 32.2. The fraction of sp³-hybridized carbons (Fsp3) is 0.591. The van der Waals surface area contributed by atoms with Gasteiger partial charge in [-0.3, -0.25) is 4.79 Å². The van der Waals surface area contributed by atoms with Crippen molar-refractivity contribution in [3.8, 4) is 0 Å². The maximum atomic E-state index is 13.4. The first-order chi connectivity index (χ1) is 12.7. The molecule has 1 atom stereocenters. The number of amides is 1. The third kappa shape index (κ3) is 5.01. The van der Waals surface area contributed by atoms with E-state index < -0.39 is 9.84 Å². The molecule has 4 nitrogen and oxygen atoms in total. The van der Waals surface area contributed by atoms with Gasteiger partial charge in [0.1, 0.15) is 0 Å². The van der Waals surface area contributed by atoms with Crippen LogP contribution in [0.1, 0.15) is 52.0 Å². The monoisotopic (exact) mass is 389 g/mol. The van der Waals surface area contributed by atoms with Crippen molar-refractivity contribution in [1.29, 1.82) is 0 Å². The molecule has 0 unspecified atom stereocenters. The summed E-state index contributed by atoms with van der Waals surface area (Å²) < 4.78 is 23.9. The van der Waals surface area contributed by atoms with Crippen LogP contribution in [0.2, 0.25) is 0 Å². The summed E-state index contributed by atoms with van der Waals surface area (Å²) in [4.78, 5) is 15.1. The van der Waals surface area contributed by atoms with E-state index in [-0.39, 0.29) is 29.0 Å². The molecule has 0 saturated heterocycles. The van der Waals surface area contributed by atoms with Gasteiger partial charge in [-0.15, -0.1) is 0 Å². The molecule has 148 valence electrons. The number of nitrogens with zero attached hydrogens (tertiary/aromatic N) is 1. The first-order valence-electron chi connectivity index (χ1n) is 9.91. The molecule has 1 saturated carbocycles. The lowest BCUT2D eigenvalue weighted by Gasteiger charge is -2.39. The highest BCUT2D eigenvalue weighted by Gasteiger charge is 2.37. The summed E-state index contributed by atoms with van der Waals surface area (Å²) in [6.07, 6.45) is 5.61. The third-order valence-corrected chi connectivity index (χ3v) is 7.47. The molecule has 1 amide bonds. The van der Waals surface area contributed by atoms with Crippen molar-refractivity contribution in [2.45, 2.75) is 59.0 Å². The smallest absolute Gasteiger partial charge is 0.226 e. The Morgan fingerprint density at radius 2 is 1.70 bits per heavy atom. The summed E-state index contributed by atoms with van der Waals surface area (Å²) in [7, 11) is -3.20. The number of rotatable bonds is 4. The Bertz CT molecular complexity index is 785. The number of hydrogen-bond donors (Lipinski definition) is 0. The second kappa shape index (κ2) is 7.78. The van der Waals surface area contributed by atoms with Crippen molar-refractivity contribution in [1.82, 2.24) is 4.90 Å². The van der Waals surface area contributed by atoms with Crippen LogP contribution in [0.5, 0.6) is 0 Å². The topological polar surface area (TPSA) is 54.5 Å². The van der Waals surface area contributed by atoms with E-state index in [9.17, 15) is 13.2 Å². The standard InChI is InChI=1S/C22H31NO3S/c1-22(2,3)19-11-9-18(10-12-19)21(24)23(15-17-7-5-4-6-8-17)20-13-14-27(25,26)16-20/h4-8,13-14,18-20H,9-12,15-16H2,1-3H3/t18?,19?,20-/m0/s1. The van der Waals surface area contributed by atoms with Gasteiger partial charge in [0.25, 0.3) is 0 Å². The number of sulfone groups is 1. The highest BCUT2D eigenvalue weighted by molar-refractivity contribution is 7.94. The molecule has 1 aliphatic heterocycles. The van der Waals surface area contributed by atoms with Crippen molar-refractivity contribution in [2.75, 3.05) is 5.75 Å². The van der Waals surface area contributed by atoms with E-state index in [0.29, 0.717) is 12.5 Å². The summed E-state index contributed by atoms with van der Waals surface area (Å²) in [5.74, 6) is 0.765. The van der Waals surface area contributed by atoms with Gasteiger partial charge in [0.2, 0.25) is 5.91 Å². The van der Waals surface area contributed by atoms with Gasteiger partial charge in [-0.25, -0.2) is 8.42 Å². The van der Waals surface area contributed by atoms with Gasteiger partial charge in [0, 0.05) is 17.9 Å². The maximum absolute atomic E-state index is 13.4. The first kappa shape index (κ1) is 20.1. The number of hydrogen-bond acceptors (Lipinski definition) is 3. The minimum Gasteiger partial charge on any atom is -0.331 e. The second-order valence-corrected chi connectivity index (χ2v) is 11.0. The van der Waals surface area contributed by atoms with E-state index in [1.807, 2.05) is 30.3 Å². The van der Waals surface area contributed by atoms with Crippen molar-refractivity contribution >= 4 is 15.7 Å². The van der Waals surface area contributed by atoms with E-state index in [1.165, 1.54) is 5.41 Å². The van der Waals surface area contributed by atoms with Crippen LogP contribution in [0.25, 0.3) is 0 Å². The molecular weight excluding hydrogens is 358 g/mol. The lowest BCUT2D eigenvalue weighted by atomic mass is 9.69. The van der Waals surface area contributed by atoms with Gasteiger partial charge in [0.05, 0.1) is 11.8 Å². The number of carbonyl (C=O) groups is 1. The van der Waals surface area contributed by atoms with Crippen LogP contribution in [0, 0.1) is 17.3 Å². The number of carbonyl (C=O) groups excluding carboxylic acids is 1. The molecule has 0 N–H and O–H groups in total. The van der Waals surface area contributed by atoms with Crippen LogP contribution >= 0.6 is 0 Å². The van der Waals surface area contributed by atoms with E-state index in [4.69, 9.17) is 0 Å². The average molecular weight is 390 g/mol. The van der Waals surface area contributed by atoms with Crippen LogP contribution in [-0.2, 0) is 21.2 Å². The summed E-state index contributed by atoms with van der Waals surface area (Å²) in [5.41, 5.74) is 1.31. The minimum absolute atomic E-state index is 0.00289. The van der Waals surface area contributed by atoms with Gasteiger partial charge in [-0.1, -0.05) is 51.1 Å². The lowest BCUT2D eigenvalue weighted by molar-refractivity contribution is -0.139. The largest absolute Gasteiger partial charge is 0.331 e. The summed E-state index contributed by atoms with van der Waals surface area (Å²) >= 11 is 0. The molecule has 1 aliphatic carbocycles. The Kier molecular flexibility index (Phi) is 5.80. The molecule has 0 spiro atoms. The van der Waals surface area contributed by atoms with E-state index in [1.54, 1.807) is 11.0 Å². The Balaban J connectivity index is 1.74. The Hall–Kier alpha value is -1.62. The van der Waals surface area contributed by atoms with Crippen LogP contribution in [0.4, 0.5) is 0 Å². The van der Waals surface area contributed by atoms with Crippen LogP contribution in [-0.4, -0.2) is 31.0 Å². The SMILES string of the molecule is CC(C)(C)C1CCC(C(=O)N(Cc2ccccc2)[C@H]2C=CS(=O)(=O)C2)CC1. The van der Waals surface area contributed by atoms with Crippen molar-refractivity contribution < 1.29 is 13.2 Å². The zero-order valence-corrected chi connectivity index (χ0v) is 17.4. The molecule has 0 radical (unpaired) electrons. The van der Waals surface area contributed by atoms with Crippen LogP contribution in [0.3, 0.4) is 0 Å². The predicted molar refractivity (Wildman–Crippen MR) is 109 cm³/mol. The van der Waals surface area contributed by atoms with Crippen LogP contribution < -0.4 is 0 Å². The lowest BCUT2D eigenvalue weighted by Crippen LogP contribution is -2.44. The molecule has 1 aromatic carbocycles. The van der Waals surface area contributed by atoms with E-state index in [2.05, 4.69) is 20.8 Å². The van der Waals surface area contributed by atoms with Gasteiger partial charge < -0.3 is 4.90 Å². The van der Waals surface area contributed by atoms with E-state index in [0.717, 1.165) is 31.2 Å². The Morgan fingerprint density at radius 3 is 2.22 bits per heavy atom.